The van der Waals surface area contributed by atoms with Crippen molar-refractivity contribution in [1.82, 2.24) is 29.8 Å². The van der Waals surface area contributed by atoms with Crippen LogP contribution in [-0.4, -0.2) is 61.9 Å². The molecule has 1 aliphatic heterocycles. The first-order valence-corrected chi connectivity index (χ1v) is 8.85. The molecular formula is C18H21N7O2. The molecule has 3 aromatic rings. The highest BCUT2D eigenvalue weighted by Gasteiger charge is 2.25. The van der Waals surface area contributed by atoms with Crippen LogP contribution in [0.5, 0.6) is 0 Å². The summed E-state index contributed by atoms with van der Waals surface area (Å²) in [4.78, 5) is 25.4. The lowest BCUT2D eigenvalue weighted by atomic mass is 10.2. The molecule has 0 aromatic carbocycles. The van der Waals surface area contributed by atoms with Gasteiger partial charge in [0.15, 0.2) is 5.82 Å². The standard InChI is InChI=1S/C18H21N7O2/c1-12-10-13(2)25(22-12)17-11-16(20-14(3)21-17)23-6-8-24(9-7-23)18(26)15-4-5-19-27-15/h4-5,10-11H,6-9H2,1-3H3. The van der Waals surface area contributed by atoms with Crippen molar-refractivity contribution in [2.24, 2.45) is 0 Å². The lowest BCUT2D eigenvalue weighted by molar-refractivity contribution is 0.0704. The van der Waals surface area contributed by atoms with E-state index in [0.29, 0.717) is 32.0 Å². The Morgan fingerprint density at radius 2 is 1.78 bits per heavy atom. The van der Waals surface area contributed by atoms with Gasteiger partial charge in [0, 0.05) is 44.0 Å². The van der Waals surface area contributed by atoms with Crippen molar-refractivity contribution >= 4 is 11.7 Å². The highest BCUT2D eigenvalue weighted by atomic mass is 16.5. The van der Waals surface area contributed by atoms with Gasteiger partial charge in [0.05, 0.1) is 11.9 Å². The molecule has 9 heteroatoms. The van der Waals surface area contributed by atoms with Crippen molar-refractivity contribution in [3.8, 4) is 5.82 Å². The van der Waals surface area contributed by atoms with Gasteiger partial charge < -0.3 is 14.3 Å². The maximum atomic E-state index is 12.4. The smallest absolute Gasteiger partial charge is 0.292 e. The van der Waals surface area contributed by atoms with Crippen LogP contribution in [0.15, 0.2) is 28.9 Å². The van der Waals surface area contributed by atoms with Crippen LogP contribution in [0.3, 0.4) is 0 Å². The van der Waals surface area contributed by atoms with E-state index >= 15 is 0 Å². The Labute approximate surface area is 156 Å². The highest BCUT2D eigenvalue weighted by molar-refractivity contribution is 5.91. The average Bonchev–Trinajstić information content (AvgIpc) is 3.30. The van der Waals surface area contributed by atoms with Crippen LogP contribution in [0.25, 0.3) is 5.82 Å². The number of aromatic nitrogens is 5. The Bertz CT molecular complexity index is 956. The summed E-state index contributed by atoms with van der Waals surface area (Å²) in [6.45, 7) is 8.41. The van der Waals surface area contributed by atoms with Crippen molar-refractivity contribution < 1.29 is 9.32 Å². The summed E-state index contributed by atoms with van der Waals surface area (Å²) in [6, 6.07) is 5.55. The zero-order valence-electron chi connectivity index (χ0n) is 15.6. The molecule has 4 heterocycles. The van der Waals surface area contributed by atoms with Crippen LogP contribution in [-0.2, 0) is 0 Å². The average molecular weight is 367 g/mol. The number of aryl methyl sites for hydroxylation is 3. The monoisotopic (exact) mass is 367 g/mol. The largest absolute Gasteiger partial charge is 0.353 e. The molecule has 0 bridgehead atoms. The van der Waals surface area contributed by atoms with Crippen molar-refractivity contribution in [2.45, 2.75) is 20.8 Å². The number of carbonyl (C=O) groups is 1. The van der Waals surface area contributed by atoms with Crippen molar-refractivity contribution in [2.75, 3.05) is 31.1 Å². The Morgan fingerprint density at radius 1 is 1.04 bits per heavy atom. The van der Waals surface area contributed by atoms with Gasteiger partial charge in [-0.3, -0.25) is 4.79 Å². The maximum Gasteiger partial charge on any atom is 0.292 e. The minimum absolute atomic E-state index is 0.130. The zero-order chi connectivity index (χ0) is 19.0. The van der Waals surface area contributed by atoms with E-state index in [1.807, 2.05) is 37.6 Å². The van der Waals surface area contributed by atoms with Gasteiger partial charge in [-0.05, 0) is 26.8 Å². The molecule has 1 fully saturated rings. The minimum atomic E-state index is -0.130. The van der Waals surface area contributed by atoms with E-state index in [1.54, 1.807) is 11.0 Å². The van der Waals surface area contributed by atoms with Crippen molar-refractivity contribution in [3.05, 3.63) is 47.4 Å². The first-order chi connectivity index (χ1) is 13.0. The van der Waals surface area contributed by atoms with Crippen LogP contribution in [0, 0.1) is 20.8 Å². The van der Waals surface area contributed by atoms with E-state index in [0.717, 1.165) is 23.0 Å². The molecule has 4 rings (SSSR count). The summed E-state index contributed by atoms with van der Waals surface area (Å²) in [6.07, 6.45) is 1.48. The summed E-state index contributed by atoms with van der Waals surface area (Å²) in [5.74, 6) is 2.43. The van der Waals surface area contributed by atoms with Gasteiger partial charge in [0.1, 0.15) is 11.6 Å². The Hall–Kier alpha value is -3.23. The highest BCUT2D eigenvalue weighted by Crippen LogP contribution is 2.19. The number of nitrogens with zero attached hydrogens (tertiary/aromatic N) is 7. The first kappa shape index (κ1) is 17.2. The molecule has 140 valence electrons. The number of piperazine rings is 1. The third kappa shape index (κ3) is 3.40. The molecular weight excluding hydrogens is 346 g/mol. The SMILES string of the molecule is Cc1cc(C)n(-c2cc(N3CCN(C(=O)c4ccno4)CC3)nc(C)n2)n1. The predicted molar refractivity (Wildman–Crippen MR) is 98.0 cm³/mol. The predicted octanol–water partition coefficient (Wildman–Crippen LogP) is 1.54. The molecule has 0 saturated carbocycles. The fraction of sp³-hybridized carbons (Fsp3) is 0.389. The van der Waals surface area contributed by atoms with Crippen LogP contribution < -0.4 is 4.90 Å². The van der Waals surface area contributed by atoms with Crippen molar-refractivity contribution in [3.63, 3.8) is 0 Å². The van der Waals surface area contributed by atoms with Gasteiger partial charge in [-0.2, -0.15) is 5.10 Å². The molecule has 0 radical (unpaired) electrons. The molecule has 27 heavy (non-hydrogen) atoms. The number of carbonyl (C=O) groups excluding carboxylic acids is 1. The van der Waals surface area contributed by atoms with E-state index in [2.05, 4.69) is 25.1 Å². The quantitative estimate of drug-likeness (QED) is 0.693. The summed E-state index contributed by atoms with van der Waals surface area (Å²) < 4.78 is 6.80. The van der Waals surface area contributed by atoms with E-state index in [-0.39, 0.29) is 11.7 Å². The van der Waals surface area contributed by atoms with Crippen LogP contribution >= 0.6 is 0 Å². The Balaban J connectivity index is 1.51. The fourth-order valence-corrected chi connectivity index (χ4v) is 3.29. The topological polar surface area (TPSA) is 93.2 Å². The summed E-state index contributed by atoms with van der Waals surface area (Å²) >= 11 is 0. The summed E-state index contributed by atoms with van der Waals surface area (Å²) in [5, 5.41) is 8.11. The van der Waals surface area contributed by atoms with Crippen molar-refractivity contribution in [1.29, 1.82) is 0 Å². The molecule has 0 unspecified atom stereocenters. The molecule has 1 aliphatic rings. The van der Waals surface area contributed by atoms with Gasteiger partial charge in [0.2, 0.25) is 5.76 Å². The molecule has 0 N–H and O–H groups in total. The molecule has 0 atom stereocenters. The molecule has 9 nitrogen and oxygen atoms in total. The van der Waals surface area contributed by atoms with E-state index in [4.69, 9.17) is 4.52 Å². The summed E-state index contributed by atoms with van der Waals surface area (Å²) in [5.41, 5.74) is 1.98. The second-order valence-electron chi connectivity index (χ2n) is 6.63. The second-order valence-corrected chi connectivity index (χ2v) is 6.63. The fourth-order valence-electron chi connectivity index (χ4n) is 3.29. The van der Waals surface area contributed by atoms with Gasteiger partial charge >= 0.3 is 0 Å². The van der Waals surface area contributed by atoms with E-state index in [1.165, 1.54) is 6.20 Å². The van der Waals surface area contributed by atoms with Gasteiger partial charge in [-0.1, -0.05) is 5.16 Å². The number of hydrogen-bond donors (Lipinski definition) is 0. The Morgan fingerprint density at radius 3 is 2.41 bits per heavy atom. The zero-order valence-corrected chi connectivity index (χ0v) is 15.6. The second kappa shape index (κ2) is 6.82. The Kier molecular flexibility index (Phi) is 4.35. The normalized spacial score (nSPS) is 14.6. The molecule has 1 amide bonds. The minimum Gasteiger partial charge on any atom is -0.353 e. The molecule has 3 aromatic heterocycles. The number of hydrogen-bond acceptors (Lipinski definition) is 7. The van der Waals surface area contributed by atoms with Gasteiger partial charge in [-0.25, -0.2) is 14.6 Å². The molecule has 0 aliphatic carbocycles. The third-order valence-electron chi connectivity index (χ3n) is 4.58. The van der Waals surface area contributed by atoms with Gasteiger partial charge in [-0.15, -0.1) is 0 Å². The van der Waals surface area contributed by atoms with Gasteiger partial charge in [0.25, 0.3) is 5.91 Å². The molecule has 1 saturated heterocycles. The number of amides is 1. The van der Waals surface area contributed by atoms with Crippen LogP contribution in [0.1, 0.15) is 27.8 Å². The maximum absolute atomic E-state index is 12.4. The number of rotatable bonds is 3. The van der Waals surface area contributed by atoms with Crippen LogP contribution in [0.4, 0.5) is 5.82 Å². The lowest BCUT2D eigenvalue weighted by Gasteiger charge is -2.35. The first-order valence-electron chi connectivity index (χ1n) is 8.85. The van der Waals surface area contributed by atoms with E-state index < -0.39 is 0 Å². The summed E-state index contributed by atoms with van der Waals surface area (Å²) in [7, 11) is 0. The number of anilines is 1. The van der Waals surface area contributed by atoms with E-state index in [9.17, 15) is 4.79 Å². The molecule has 0 spiro atoms. The van der Waals surface area contributed by atoms with Crippen LogP contribution in [0.2, 0.25) is 0 Å². The lowest BCUT2D eigenvalue weighted by Crippen LogP contribution is -2.49. The third-order valence-corrected chi connectivity index (χ3v) is 4.58.